The van der Waals surface area contributed by atoms with Gasteiger partial charge >= 0.3 is 6.29 Å². The molecule has 1 aromatic rings. The molecular weight excluding hydrogens is 272 g/mol. The molecule has 2 rings (SSSR count). The van der Waals surface area contributed by atoms with Crippen LogP contribution in [0.4, 0.5) is 8.78 Å². The second-order valence-corrected chi connectivity index (χ2v) is 5.08. The van der Waals surface area contributed by atoms with Gasteiger partial charge in [-0.1, -0.05) is 46.9 Å². The molecule has 0 bridgehead atoms. The summed E-state index contributed by atoms with van der Waals surface area (Å²) >= 11 is 16.8. The van der Waals surface area contributed by atoms with Gasteiger partial charge in [0, 0.05) is 5.56 Å². The quantitative estimate of drug-likeness (QED) is 0.670. The minimum absolute atomic E-state index is 0.0159. The van der Waals surface area contributed by atoms with Gasteiger partial charge in [-0.05, 0) is 6.07 Å². The molecule has 0 unspecified atom stereocenters. The lowest BCUT2D eigenvalue weighted by Gasteiger charge is -2.13. The van der Waals surface area contributed by atoms with E-state index in [4.69, 9.17) is 34.8 Å². The van der Waals surface area contributed by atoms with Crippen LogP contribution < -0.4 is 9.47 Å². The molecule has 0 aromatic heterocycles. The van der Waals surface area contributed by atoms with Crippen LogP contribution in [0.25, 0.3) is 0 Å². The maximum atomic E-state index is 12.7. The minimum Gasteiger partial charge on any atom is -0.395 e. The Balaban J connectivity index is 2.51. The topological polar surface area (TPSA) is 18.5 Å². The highest BCUT2D eigenvalue weighted by atomic mass is 35.6. The molecule has 0 atom stereocenters. The Morgan fingerprint density at radius 1 is 1.13 bits per heavy atom. The monoisotopic (exact) mass is 274 g/mol. The summed E-state index contributed by atoms with van der Waals surface area (Å²) in [7, 11) is 0. The van der Waals surface area contributed by atoms with Crippen molar-refractivity contribution < 1.29 is 18.3 Å². The van der Waals surface area contributed by atoms with Gasteiger partial charge in [-0.25, -0.2) is 0 Å². The zero-order chi connectivity index (χ0) is 11.3. The fourth-order valence-corrected chi connectivity index (χ4v) is 1.64. The molecule has 1 heterocycles. The average molecular weight is 275 g/mol. The Hall–Kier alpha value is -0.450. The standard InChI is InChI=1S/C8H3Cl3F2O2/c9-7(10,11)4-2-1-3-5-6(4)15-8(12,13)14-5/h1-3H. The molecule has 0 aliphatic carbocycles. The molecule has 1 aromatic carbocycles. The molecule has 2 nitrogen and oxygen atoms in total. The van der Waals surface area contributed by atoms with Gasteiger partial charge in [0.05, 0.1) is 0 Å². The Morgan fingerprint density at radius 2 is 1.80 bits per heavy atom. The third-order valence-electron chi connectivity index (χ3n) is 1.73. The van der Waals surface area contributed by atoms with E-state index in [1.807, 2.05) is 0 Å². The molecule has 0 radical (unpaired) electrons. The maximum absolute atomic E-state index is 12.7. The fourth-order valence-electron chi connectivity index (χ4n) is 1.19. The predicted molar refractivity (Wildman–Crippen MR) is 51.9 cm³/mol. The first-order valence-corrected chi connectivity index (χ1v) is 4.89. The average Bonchev–Trinajstić information content (AvgIpc) is 2.35. The van der Waals surface area contributed by atoms with Crippen molar-refractivity contribution in [2.75, 3.05) is 0 Å². The lowest BCUT2D eigenvalue weighted by molar-refractivity contribution is -0.286. The zero-order valence-electron chi connectivity index (χ0n) is 6.94. The minimum atomic E-state index is -3.71. The third-order valence-corrected chi connectivity index (χ3v) is 2.34. The van der Waals surface area contributed by atoms with Gasteiger partial charge in [-0.2, -0.15) is 0 Å². The van der Waals surface area contributed by atoms with E-state index in [9.17, 15) is 8.78 Å². The molecule has 1 aliphatic rings. The first kappa shape index (κ1) is 11.0. The van der Waals surface area contributed by atoms with Crippen molar-refractivity contribution in [1.82, 2.24) is 0 Å². The molecule has 1 aliphatic heterocycles. The number of rotatable bonds is 0. The number of fused-ring (bicyclic) bond motifs is 1. The van der Waals surface area contributed by atoms with E-state index in [0.29, 0.717) is 0 Å². The number of alkyl halides is 5. The molecule has 7 heteroatoms. The Labute approximate surface area is 98.6 Å². The van der Waals surface area contributed by atoms with E-state index < -0.39 is 10.1 Å². The number of hydrogen-bond donors (Lipinski definition) is 0. The summed E-state index contributed by atoms with van der Waals surface area (Å²) in [5.41, 5.74) is 0.0159. The summed E-state index contributed by atoms with van der Waals surface area (Å²) in [6.07, 6.45) is -3.71. The number of ether oxygens (including phenoxy) is 2. The zero-order valence-corrected chi connectivity index (χ0v) is 9.21. The van der Waals surface area contributed by atoms with Crippen molar-refractivity contribution in [3.05, 3.63) is 23.8 Å². The van der Waals surface area contributed by atoms with Crippen molar-refractivity contribution in [3.63, 3.8) is 0 Å². The summed E-state index contributed by atoms with van der Waals surface area (Å²) in [5, 5.41) is 0. The van der Waals surface area contributed by atoms with Gasteiger partial charge in [0.25, 0.3) is 0 Å². The Morgan fingerprint density at radius 3 is 2.40 bits per heavy atom. The summed E-state index contributed by atoms with van der Waals surface area (Å²) < 4.78 is 32.1. The number of hydrogen-bond acceptors (Lipinski definition) is 2. The summed E-state index contributed by atoms with van der Waals surface area (Å²) in [6, 6.07) is 4.10. The largest absolute Gasteiger partial charge is 0.586 e. The first-order chi connectivity index (χ1) is 6.80. The SMILES string of the molecule is FC1(F)Oc2cccc(C(Cl)(Cl)Cl)c2O1. The fraction of sp³-hybridized carbons (Fsp3) is 0.250. The van der Waals surface area contributed by atoms with E-state index in [2.05, 4.69) is 9.47 Å². The van der Waals surface area contributed by atoms with Gasteiger partial charge < -0.3 is 9.47 Å². The number of benzene rings is 1. The van der Waals surface area contributed by atoms with Gasteiger partial charge in [0.15, 0.2) is 11.5 Å². The molecular formula is C8H3Cl3F2O2. The van der Waals surface area contributed by atoms with Crippen molar-refractivity contribution in [3.8, 4) is 11.5 Å². The van der Waals surface area contributed by atoms with Crippen LogP contribution in [-0.2, 0) is 3.79 Å². The van der Waals surface area contributed by atoms with Crippen LogP contribution in [0.1, 0.15) is 5.56 Å². The van der Waals surface area contributed by atoms with Crippen LogP contribution in [0.2, 0.25) is 0 Å². The normalized spacial score (nSPS) is 17.9. The second-order valence-electron chi connectivity index (χ2n) is 2.80. The lowest BCUT2D eigenvalue weighted by Crippen LogP contribution is -2.26. The molecule has 0 spiro atoms. The van der Waals surface area contributed by atoms with E-state index in [0.717, 1.165) is 0 Å². The molecule has 0 saturated heterocycles. The predicted octanol–water partition coefficient (Wildman–Crippen LogP) is 3.83. The van der Waals surface area contributed by atoms with Crippen LogP contribution in [0.15, 0.2) is 18.2 Å². The van der Waals surface area contributed by atoms with Gasteiger partial charge in [0.1, 0.15) is 0 Å². The second kappa shape index (κ2) is 3.27. The van der Waals surface area contributed by atoms with Crippen LogP contribution >= 0.6 is 34.8 Å². The van der Waals surface area contributed by atoms with Gasteiger partial charge in [-0.15, -0.1) is 8.78 Å². The van der Waals surface area contributed by atoms with E-state index in [-0.39, 0.29) is 17.1 Å². The van der Waals surface area contributed by atoms with Crippen molar-refractivity contribution >= 4 is 34.8 Å². The van der Waals surface area contributed by atoms with E-state index >= 15 is 0 Å². The molecule has 0 amide bonds. The maximum Gasteiger partial charge on any atom is 0.586 e. The number of halogens is 5. The van der Waals surface area contributed by atoms with Crippen molar-refractivity contribution in [1.29, 1.82) is 0 Å². The molecule has 0 fully saturated rings. The smallest absolute Gasteiger partial charge is 0.395 e. The molecule has 0 saturated carbocycles. The third kappa shape index (κ3) is 2.07. The molecule has 0 N–H and O–H groups in total. The molecule has 15 heavy (non-hydrogen) atoms. The van der Waals surface area contributed by atoms with Crippen LogP contribution in [0.5, 0.6) is 11.5 Å². The lowest BCUT2D eigenvalue weighted by atomic mass is 10.2. The Bertz CT molecular complexity index is 403. The highest BCUT2D eigenvalue weighted by Gasteiger charge is 2.46. The van der Waals surface area contributed by atoms with Crippen molar-refractivity contribution in [2.45, 2.75) is 10.1 Å². The van der Waals surface area contributed by atoms with Gasteiger partial charge in [0.2, 0.25) is 3.79 Å². The highest BCUT2D eigenvalue weighted by Crippen LogP contribution is 2.51. The highest BCUT2D eigenvalue weighted by molar-refractivity contribution is 6.66. The van der Waals surface area contributed by atoms with Crippen LogP contribution in [0.3, 0.4) is 0 Å². The first-order valence-electron chi connectivity index (χ1n) is 3.76. The van der Waals surface area contributed by atoms with E-state index in [1.165, 1.54) is 18.2 Å². The van der Waals surface area contributed by atoms with Gasteiger partial charge in [-0.3, -0.25) is 0 Å². The summed E-state index contributed by atoms with van der Waals surface area (Å²) in [5.74, 6) is -0.397. The Kier molecular flexibility index (Phi) is 2.41. The summed E-state index contributed by atoms with van der Waals surface area (Å²) in [4.78, 5) is 0. The van der Waals surface area contributed by atoms with Crippen molar-refractivity contribution in [2.24, 2.45) is 0 Å². The van der Waals surface area contributed by atoms with Crippen LogP contribution in [-0.4, -0.2) is 6.29 Å². The van der Waals surface area contributed by atoms with E-state index in [1.54, 1.807) is 0 Å². The van der Waals surface area contributed by atoms with Crippen LogP contribution in [0, 0.1) is 0 Å². The molecule has 82 valence electrons. The number of para-hydroxylation sites is 1. The summed E-state index contributed by atoms with van der Waals surface area (Å²) in [6.45, 7) is 0.